The van der Waals surface area contributed by atoms with Crippen LogP contribution in [0.5, 0.6) is 0 Å². The quantitative estimate of drug-likeness (QED) is 0.710. The van der Waals surface area contributed by atoms with E-state index in [9.17, 15) is 9.59 Å². The third-order valence-electron chi connectivity index (χ3n) is 1.87. The maximum atomic E-state index is 10.6. The molecule has 2 amide bonds. The Kier molecular flexibility index (Phi) is 4.87. The molecule has 5 heteroatoms. The first-order chi connectivity index (χ1) is 6.04. The second kappa shape index (κ2) is 5.40. The summed E-state index contributed by atoms with van der Waals surface area (Å²) < 4.78 is 0. The average molecular weight is 189 g/mol. The van der Waals surface area contributed by atoms with Crippen molar-refractivity contribution in [3.8, 4) is 0 Å². The third kappa shape index (κ3) is 3.31. The van der Waals surface area contributed by atoms with E-state index in [0.717, 1.165) is 6.42 Å². The molecule has 13 heavy (non-hydrogen) atoms. The molecule has 0 fully saturated rings. The van der Waals surface area contributed by atoms with Crippen molar-refractivity contribution >= 4 is 12.2 Å². The summed E-state index contributed by atoms with van der Waals surface area (Å²) in [5.74, 6) is 0. The van der Waals surface area contributed by atoms with Crippen molar-refractivity contribution in [1.82, 2.24) is 4.90 Å². The van der Waals surface area contributed by atoms with Gasteiger partial charge in [-0.15, -0.1) is 0 Å². The highest BCUT2D eigenvalue weighted by molar-refractivity contribution is 5.85. The number of imide groups is 1. The van der Waals surface area contributed by atoms with Crippen LogP contribution in [0.4, 0.5) is 9.59 Å². The van der Waals surface area contributed by atoms with Crippen LogP contribution >= 0.6 is 0 Å². The second-order valence-corrected chi connectivity index (χ2v) is 2.79. The van der Waals surface area contributed by atoms with E-state index >= 15 is 0 Å². The summed E-state index contributed by atoms with van der Waals surface area (Å²) in [6.07, 6.45) is -0.919. The Morgan fingerprint density at radius 1 is 1.23 bits per heavy atom. The van der Waals surface area contributed by atoms with Crippen LogP contribution < -0.4 is 0 Å². The predicted octanol–water partition coefficient (Wildman–Crippen LogP) is 2.22. The van der Waals surface area contributed by atoms with Crippen molar-refractivity contribution in [2.45, 2.75) is 39.2 Å². The van der Waals surface area contributed by atoms with Crippen molar-refractivity contribution in [3.63, 3.8) is 0 Å². The summed E-state index contributed by atoms with van der Waals surface area (Å²) in [4.78, 5) is 21.6. The molecule has 76 valence electrons. The molecule has 1 atom stereocenters. The molecule has 0 spiro atoms. The van der Waals surface area contributed by atoms with Crippen molar-refractivity contribution in [2.75, 3.05) is 0 Å². The SMILES string of the molecule is CCCC(CC)N(C(=O)O)C(=O)O. The minimum Gasteiger partial charge on any atom is -0.465 e. The molecule has 0 aliphatic carbocycles. The lowest BCUT2D eigenvalue weighted by atomic mass is 10.1. The van der Waals surface area contributed by atoms with Crippen molar-refractivity contribution < 1.29 is 19.8 Å². The van der Waals surface area contributed by atoms with Crippen molar-refractivity contribution in [1.29, 1.82) is 0 Å². The van der Waals surface area contributed by atoms with Gasteiger partial charge in [-0.2, -0.15) is 0 Å². The lowest BCUT2D eigenvalue weighted by molar-refractivity contribution is 0.103. The van der Waals surface area contributed by atoms with Crippen LogP contribution in [-0.4, -0.2) is 33.3 Å². The number of nitrogens with zero attached hydrogens (tertiary/aromatic N) is 1. The van der Waals surface area contributed by atoms with E-state index in [0.29, 0.717) is 17.7 Å². The molecule has 0 aliphatic rings. The molecule has 0 radical (unpaired) electrons. The molecular weight excluding hydrogens is 174 g/mol. The van der Waals surface area contributed by atoms with Crippen molar-refractivity contribution in [3.05, 3.63) is 0 Å². The Labute approximate surface area is 77.0 Å². The molecule has 0 bridgehead atoms. The van der Waals surface area contributed by atoms with E-state index in [4.69, 9.17) is 10.2 Å². The zero-order chi connectivity index (χ0) is 10.4. The zero-order valence-electron chi connectivity index (χ0n) is 7.86. The molecule has 0 aromatic rings. The number of rotatable bonds is 4. The molecule has 0 heterocycles. The summed E-state index contributed by atoms with van der Waals surface area (Å²) in [6, 6.07) is -0.417. The lowest BCUT2D eigenvalue weighted by Crippen LogP contribution is -2.42. The van der Waals surface area contributed by atoms with E-state index in [-0.39, 0.29) is 0 Å². The first kappa shape index (κ1) is 11.7. The van der Waals surface area contributed by atoms with E-state index in [1.807, 2.05) is 6.92 Å². The molecule has 2 N–H and O–H groups in total. The Bertz CT molecular complexity index is 179. The highest BCUT2D eigenvalue weighted by Gasteiger charge is 2.27. The maximum absolute atomic E-state index is 10.6. The first-order valence-corrected chi connectivity index (χ1v) is 4.29. The summed E-state index contributed by atoms with van der Waals surface area (Å²) in [6.45, 7) is 3.67. The Hall–Kier alpha value is -1.26. The molecule has 5 nitrogen and oxygen atoms in total. The summed E-state index contributed by atoms with van der Waals surface area (Å²) in [5.41, 5.74) is 0. The van der Waals surface area contributed by atoms with Gasteiger partial charge in [-0.05, 0) is 12.8 Å². The van der Waals surface area contributed by atoms with Gasteiger partial charge in [0.25, 0.3) is 0 Å². The highest BCUT2D eigenvalue weighted by atomic mass is 16.4. The standard InChI is InChI=1S/C8H15NO4/c1-3-5-6(4-2)9(7(10)11)8(12)13/h6H,3-5H2,1-2H3,(H,10,11)(H,12,13). The molecule has 0 aliphatic heterocycles. The molecular formula is C8H15NO4. The number of carboxylic acid groups (broad SMARTS) is 2. The minimum atomic E-state index is -1.40. The Morgan fingerprint density at radius 3 is 1.92 bits per heavy atom. The van der Waals surface area contributed by atoms with Crippen LogP contribution in [0.3, 0.4) is 0 Å². The smallest absolute Gasteiger partial charge is 0.417 e. The van der Waals surface area contributed by atoms with Crippen LogP contribution in [0.1, 0.15) is 33.1 Å². The van der Waals surface area contributed by atoms with Gasteiger partial charge in [-0.25, -0.2) is 14.5 Å². The molecule has 0 saturated heterocycles. The summed E-state index contributed by atoms with van der Waals surface area (Å²) >= 11 is 0. The van der Waals surface area contributed by atoms with Gasteiger partial charge in [0.05, 0.1) is 0 Å². The fraction of sp³-hybridized carbons (Fsp3) is 0.750. The van der Waals surface area contributed by atoms with Crippen LogP contribution in [0.15, 0.2) is 0 Å². The zero-order valence-corrected chi connectivity index (χ0v) is 7.86. The monoisotopic (exact) mass is 189 g/mol. The van der Waals surface area contributed by atoms with Gasteiger partial charge in [0, 0.05) is 6.04 Å². The molecule has 0 aromatic heterocycles. The van der Waals surface area contributed by atoms with Gasteiger partial charge >= 0.3 is 12.2 Å². The van der Waals surface area contributed by atoms with Crippen LogP contribution in [0.2, 0.25) is 0 Å². The number of hydrogen-bond donors (Lipinski definition) is 2. The second-order valence-electron chi connectivity index (χ2n) is 2.79. The van der Waals surface area contributed by atoms with Gasteiger partial charge < -0.3 is 10.2 Å². The number of hydrogen-bond acceptors (Lipinski definition) is 2. The van der Waals surface area contributed by atoms with Gasteiger partial charge in [0.15, 0.2) is 0 Å². The van der Waals surface area contributed by atoms with Gasteiger partial charge in [-0.3, -0.25) is 0 Å². The Morgan fingerprint density at radius 2 is 1.69 bits per heavy atom. The lowest BCUT2D eigenvalue weighted by Gasteiger charge is -2.23. The largest absolute Gasteiger partial charge is 0.465 e. The van der Waals surface area contributed by atoms with Crippen molar-refractivity contribution in [2.24, 2.45) is 0 Å². The van der Waals surface area contributed by atoms with Gasteiger partial charge in [0.2, 0.25) is 0 Å². The number of carbonyl (C=O) groups is 2. The van der Waals surface area contributed by atoms with E-state index in [1.54, 1.807) is 6.92 Å². The predicted molar refractivity (Wildman–Crippen MR) is 46.9 cm³/mol. The minimum absolute atomic E-state index is 0.417. The highest BCUT2D eigenvalue weighted by Crippen LogP contribution is 2.11. The number of amides is 2. The van der Waals surface area contributed by atoms with Crippen LogP contribution in [0.25, 0.3) is 0 Å². The van der Waals surface area contributed by atoms with Crippen LogP contribution in [0, 0.1) is 0 Å². The first-order valence-electron chi connectivity index (χ1n) is 4.29. The average Bonchev–Trinajstić information content (AvgIpc) is 2.02. The summed E-state index contributed by atoms with van der Waals surface area (Å²) in [5, 5.41) is 17.2. The molecule has 0 saturated carbocycles. The van der Waals surface area contributed by atoms with E-state index in [1.165, 1.54) is 0 Å². The maximum Gasteiger partial charge on any atom is 0.417 e. The van der Waals surface area contributed by atoms with Gasteiger partial charge in [-0.1, -0.05) is 20.3 Å². The molecule has 0 rings (SSSR count). The third-order valence-corrected chi connectivity index (χ3v) is 1.87. The van der Waals surface area contributed by atoms with E-state index in [2.05, 4.69) is 0 Å². The fourth-order valence-corrected chi connectivity index (χ4v) is 1.24. The van der Waals surface area contributed by atoms with E-state index < -0.39 is 18.2 Å². The normalized spacial score (nSPS) is 12.2. The topological polar surface area (TPSA) is 77.8 Å². The fourth-order valence-electron chi connectivity index (χ4n) is 1.24. The van der Waals surface area contributed by atoms with Crippen LogP contribution in [-0.2, 0) is 0 Å². The van der Waals surface area contributed by atoms with Gasteiger partial charge in [0.1, 0.15) is 0 Å². The Balaban J connectivity index is 4.48. The molecule has 0 aromatic carbocycles. The summed E-state index contributed by atoms with van der Waals surface area (Å²) in [7, 11) is 0. The molecule has 1 unspecified atom stereocenters.